The van der Waals surface area contributed by atoms with Gasteiger partial charge in [0.2, 0.25) is 16.0 Å². The van der Waals surface area contributed by atoms with Crippen LogP contribution in [0.4, 0.5) is 5.95 Å². The number of fused-ring (bicyclic) bond motifs is 1. The Hall–Kier alpha value is -2.45. The molecule has 0 amide bonds. The van der Waals surface area contributed by atoms with Gasteiger partial charge in [-0.3, -0.25) is 4.40 Å². The lowest BCUT2D eigenvalue weighted by Crippen LogP contribution is -2.30. The molecule has 0 aliphatic heterocycles. The van der Waals surface area contributed by atoms with E-state index in [0.717, 1.165) is 5.56 Å². The second-order valence-electron chi connectivity index (χ2n) is 6.48. The highest BCUT2D eigenvalue weighted by Gasteiger charge is 2.22. The number of hydrogen-bond acceptors (Lipinski definition) is 5. The highest BCUT2D eigenvalue weighted by molar-refractivity contribution is 7.89. The van der Waals surface area contributed by atoms with E-state index in [1.54, 1.807) is 22.7 Å². The Morgan fingerprint density at radius 2 is 1.78 bits per heavy atom. The molecule has 0 aliphatic carbocycles. The van der Waals surface area contributed by atoms with Gasteiger partial charge in [-0.05, 0) is 42.7 Å². The molecule has 2 heterocycles. The molecule has 3 rings (SSSR count). The fourth-order valence-corrected chi connectivity index (χ4v) is 4.41. The molecule has 0 saturated carbocycles. The predicted molar refractivity (Wildman–Crippen MR) is 106 cm³/mol. The van der Waals surface area contributed by atoms with Crippen LogP contribution in [0.25, 0.3) is 5.65 Å². The van der Waals surface area contributed by atoms with Crippen LogP contribution in [0.5, 0.6) is 0 Å². The number of aromatic nitrogens is 3. The van der Waals surface area contributed by atoms with Crippen molar-refractivity contribution in [2.24, 2.45) is 0 Å². The molecule has 0 bridgehead atoms. The Kier molecular flexibility index (Phi) is 5.48. The number of nitrogens with zero attached hydrogens (tertiary/aromatic N) is 4. The molecule has 3 aromatic rings. The van der Waals surface area contributed by atoms with Crippen molar-refractivity contribution in [2.75, 3.05) is 18.4 Å². The maximum Gasteiger partial charge on any atom is 0.244 e. The van der Waals surface area contributed by atoms with E-state index in [0.29, 0.717) is 31.2 Å². The van der Waals surface area contributed by atoms with Crippen molar-refractivity contribution in [3.05, 3.63) is 53.2 Å². The summed E-state index contributed by atoms with van der Waals surface area (Å²) >= 11 is 0. The van der Waals surface area contributed by atoms with Crippen molar-refractivity contribution < 1.29 is 8.42 Å². The molecule has 0 spiro atoms. The third kappa shape index (κ3) is 3.81. The van der Waals surface area contributed by atoms with Crippen molar-refractivity contribution in [1.82, 2.24) is 18.9 Å². The number of benzene rings is 1. The number of aryl methyl sites for hydroxylation is 2. The Morgan fingerprint density at radius 3 is 2.44 bits per heavy atom. The standard InChI is InChI=1S/C19H25N5O2S/c1-5-23(6-2)27(25,26)17-9-10-18-21-22-19(24(18)13-17)20-12-16-8-7-14(3)15(4)11-16/h7-11,13H,5-6,12H2,1-4H3,(H,20,22). The van der Waals surface area contributed by atoms with Gasteiger partial charge in [-0.1, -0.05) is 32.0 Å². The van der Waals surface area contributed by atoms with Crippen molar-refractivity contribution in [1.29, 1.82) is 0 Å². The lowest BCUT2D eigenvalue weighted by Gasteiger charge is -2.18. The summed E-state index contributed by atoms with van der Waals surface area (Å²) in [6.45, 7) is 9.25. The van der Waals surface area contributed by atoms with E-state index in [4.69, 9.17) is 0 Å². The van der Waals surface area contributed by atoms with Crippen LogP contribution in [0, 0.1) is 13.8 Å². The van der Waals surface area contributed by atoms with Crippen LogP contribution < -0.4 is 5.32 Å². The van der Waals surface area contributed by atoms with Gasteiger partial charge in [0.05, 0.1) is 4.90 Å². The average Bonchev–Trinajstić information content (AvgIpc) is 3.06. The summed E-state index contributed by atoms with van der Waals surface area (Å²) in [6.07, 6.45) is 1.58. The smallest absolute Gasteiger partial charge is 0.244 e. The van der Waals surface area contributed by atoms with E-state index in [2.05, 4.69) is 47.6 Å². The van der Waals surface area contributed by atoms with Gasteiger partial charge in [0, 0.05) is 25.8 Å². The Balaban J connectivity index is 1.90. The van der Waals surface area contributed by atoms with Gasteiger partial charge in [-0.2, -0.15) is 4.31 Å². The zero-order valence-electron chi connectivity index (χ0n) is 16.1. The molecule has 1 aromatic carbocycles. The molecule has 8 heteroatoms. The summed E-state index contributed by atoms with van der Waals surface area (Å²) in [6, 6.07) is 9.52. The van der Waals surface area contributed by atoms with Gasteiger partial charge in [0.15, 0.2) is 5.65 Å². The fraction of sp³-hybridized carbons (Fsp3) is 0.368. The van der Waals surface area contributed by atoms with Crippen LogP contribution in [0.2, 0.25) is 0 Å². The Morgan fingerprint density at radius 1 is 1.04 bits per heavy atom. The van der Waals surface area contributed by atoms with Crippen molar-refractivity contribution >= 4 is 21.6 Å². The molecule has 0 radical (unpaired) electrons. The zero-order valence-corrected chi connectivity index (χ0v) is 16.9. The minimum absolute atomic E-state index is 0.229. The van der Waals surface area contributed by atoms with Crippen molar-refractivity contribution in [3.8, 4) is 0 Å². The molecule has 0 aliphatic rings. The van der Waals surface area contributed by atoms with Crippen LogP contribution in [0.15, 0.2) is 41.4 Å². The maximum atomic E-state index is 12.8. The first-order valence-corrected chi connectivity index (χ1v) is 10.5. The average molecular weight is 388 g/mol. The monoisotopic (exact) mass is 387 g/mol. The summed E-state index contributed by atoms with van der Waals surface area (Å²) in [5, 5.41) is 11.5. The van der Waals surface area contributed by atoms with Gasteiger partial charge < -0.3 is 5.32 Å². The fourth-order valence-electron chi connectivity index (χ4n) is 2.95. The summed E-state index contributed by atoms with van der Waals surface area (Å²) in [5.41, 5.74) is 4.20. The highest BCUT2D eigenvalue weighted by atomic mass is 32.2. The van der Waals surface area contributed by atoms with Crippen molar-refractivity contribution in [2.45, 2.75) is 39.1 Å². The van der Waals surface area contributed by atoms with Crippen LogP contribution in [0.1, 0.15) is 30.5 Å². The minimum atomic E-state index is -3.54. The Bertz CT molecular complexity index is 1060. The lowest BCUT2D eigenvalue weighted by molar-refractivity contribution is 0.445. The number of nitrogens with one attached hydrogen (secondary N) is 1. The maximum absolute atomic E-state index is 12.8. The second kappa shape index (κ2) is 7.66. The van der Waals surface area contributed by atoms with E-state index < -0.39 is 10.0 Å². The first-order chi connectivity index (χ1) is 12.9. The first kappa shape index (κ1) is 19.3. The number of anilines is 1. The van der Waals surface area contributed by atoms with Crippen LogP contribution in [-0.4, -0.2) is 40.4 Å². The van der Waals surface area contributed by atoms with Crippen LogP contribution in [0.3, 0.4) is 0 Å². The number of pyridine rings is 1. The first-order valence-electron chi connectivity index (χ1n) is 9.01. The van der Waals surface area contributed by atoms with Crippen LogP contribution >= 0.6 is 0 Å². The topological polar surface area (TPSA) is 79.6 Å². The third-order valence-electron chi connectivity index (χ3n) is 4.74. The lowest BCUT2D eigenvalue weighted by atomic mass is 10.1. The number of hydrogen-bond donors (Lipinski definition) is 1. The largest absolute Gasteiger partial charge is 0.350 e. The summed E-state index contributed by atoms with van der Waals surface area (Å²) in [5.74, 6) is 0.514. The molecule has 1 N–H and O–H groups in total. The SMILES string of the molecule is CCN(CC)S(=O)(=O)c1ccc2nnc(NCc3ccc(C)c(C)c3)n2c1. The molecule has 7 nitrogen and oxygen atoms in total. The van der Waals surface area contributed by atoms with Gasteiger partial charge in [-0.15, -0.1) is 10.2 Å². The molecule has 2 aromatic heterocycles. The highest BCUT2D eigenvalue weighted by Crippen LogP contribution is 2.19. The molecule has 0 saturated heterocycles. The van der Waals surface area contributed by atoms with E-state index in [1.807, 2.05) is 13.8 Å². The molecular formula is C19H25N5O2S. The zero-order chi connectivity index (χ0) is 19.6. The molecule has 0 atom stereocenters. The molecular weight excluding hydrogens is 362 g/mol. The van der Waals surface area contributed by atoms with Crippen LogP contribution in [-0.2, 0) is 16.6 Å². The number of rotatable bonds is 7. The van der Waals surface area contributed by atoms with Gasteiger partial charge in [-0.25, -0.2) is 8.42 Å². The minimum Gasteiger partial charge on any atom is -0.350 e. The normalized spacial score (nSPS) is 12.0. The number of sulfonamides is 1. The van der Waals surface area contributed by atoms with E-state index in [-0.39, 0.29) is 4.90 Å². The summed E-state index contributed by atoms with van der Waals surface area (Å²) in [7, 11) is -3.54. The van der Waals surface area contributed by atoms with Gasteiger partial charge >= 0.3 is 0 Å². The summed E-state index contributed by atoms with van der Waals surface area (Å²) < 4.78 is 28.7. The van der Waals surface area contributed by atoms with E-state index >= 15 is 0 Å². The predicted octanol–water partition coefficient (Wildman–Crippen LogP) is 2.99. The van der Waals surface area contributed by atoms with E-state index in [9.17, 15) is 8.42 Å². The Labute approximate surface area is 160 Å². The quantitative estimate of drug-likeness (QED) is 0.674. The molecule has 0 unspecified atom stereocenters. The molecule has 0 fully saturated rings. The summed E-state index contributed by atoms with van der Waals surface area (Å²) in [4.78, 5) is 0.229. The molecule has 144 valence electrons. The van der Waals surface area contributed by atoms with Crippen molar-refractivity contribution in [3.63, 3.8) is 0 Å². The third-order valence-corrected chi connectivity index (χ3v) is 6.77. The van der Waals surface area contributed by atoms with Gasteiger partial charge in [0.1, 0.15) is 0 Å². The van der Waals surface area contributed by atoms with Gasteiger partial charge in [0.25, 0.3) is 0 Å². The second-order valence-corrected chi connectivity index (χ2v) is 8.42. The van der Waals surface area contributed by atoms with E-state index in [1.165, 1.54) is 15.4 Å². The molecule has 27 heavy (non-hydrogen) atoms.